The van der Waals surface area contributed by atoms with Crippen molar-refractivity contribution in [1.29, 1.82) is 0 Å². The molecule has 140 valence electrons. The number of amides is 1. The number of ether oxygens (including phenoxy) is 1. The molecule has 3 saturated carbocycles. The Bertz CT molecular complexity index is 881. The molecule has 0 radical (unpaired) electrons. The van der Waals surface area contributed by atoms with Crippen molar-refractivity contribution in [3.63, 3.8) is 0 Å². The molecule has 1 heterocycles. The number of aryl methyl sites for hydroxylation is 1. The van der Waals surface area contributed by atoms with E-state index in [0.29, 0.717) is 22.9 Å². The second-order valence-corrected chi connectivity index (χ2v) is 8.18. The highest BCUT2D eigenvalue weighted by Crippen LogP contribution is 2.69. The first-order valence-electron chi connectivity index (χ1n) is 8.88. The number of halogens is 1. The number of hydrogen-bond donors (Lipinski definition) is 1. The lowest BCUT2D eigenvalue weighted by molar-refractivity contribution is -0.162. The third-order valence-electron chi connectivity index (χ3n) is 5.42. The van der Waals surface area contributed by atoms with Gasteiger partial charge in [0.05, 0.1) is 6.20 Å². The van der Waals surface area contributed by atoms with Crippen LogP contribution in [0.1, 0.15) is 41.7 Å². The predicted molar refractivity (Wildman–Crippen MR) is 99.8 cm³/mol. The van der Waals surface area contributed by atoms with E-state index >= 15 is 0 Å². The van der Waals surface area contributed by atoms with Gasteiger partial charge in [-0.1, -0.05) is 11.6 Å². The highest BCUT2D eigenvalue weighted by atomic mass is 35.5. The molecule has 3 aliphatic carbocycles. The molecular formula is C20H20ClN3O3. The summed E-state index contributed by atoms with van der Waals surface area (Å²) < 4.78 is 5.59. The van der Waals surface area contributed by atoms with Crippen LogP contribution in [0.15, 0.2) is 36.8 Å². The van der Waals surface area contributed by atoms with Gasteiger partial charge in [-0.05, 0) is 55.4 Å². The zero-order valence-corrected chi connectivity index (χ0v) is 15.8. The van der Waals surface area contributed by atoms with Gasteiger partial charge in [-0.25, -0.2) is 4.98 Å². The second kappa shape index (κ2) is 6.60. The zero-order chi connectivity index (χ0) is 19.1. The standard InChI is InChI=1S/C20H20ClN3O3/c1-13-6-15(2-3-16(13)21)27-9-14(25)7-19-10-20(11-19,12-19)24-18(26)17-8-22-4-5-23-17/h2-6,8H,7,9-12H2,1H3,(H,24,26). The summed E-state index contributed by atoms with van der Waals surface area (Å²) in [4.78, 5) is 32.4. The number of nitrogens with zero attached hydrogens (tertiary/aromatic N) is 2. The number of aromatic nitrogens is 2. The second-order valence-electron chi connectivity index (χ2n) is 7.77. The van der Waals surface area contributed by atoms with Crippen molar-refractivity contribution in [1.82, 2.24) is 15.3 Å². The fraction of sp³-hybridized carbons (Fsp3) is 0.400. The van der Waals surface area contributed by atoms with Gasteiger partial charge in [0, 0.05) is 29.4 Å². The average molecular weight is 386 g/mol. The molecule has 5 rings (SSSR count). The zero-order valence-electron chi connectivity index (χ0n) is 15.0. The quantitative estimate of drug-likeness (QED) is 0.791. The Morgan fingerprint density at radius 2 is 2.04 bits per heavy atom. The number of carbonyl (C=O) groups is 2. The van der Waals surface area contributed by atoms with E-state index in [-0.39, 0.29) is 29.3 Å². The molecule has 3 aliphatic rings. The van der Waals surface area contributed by atoms with Crippen LogP contribution in [-0.2, 0) is 4.79 Å². The molecular weight excluding hydrogens is 366 g/mol. The lowest BCUT2D eigenvalue weighted by atomic mass is 9.38. The number of Topliss-reactive ketones (excluding diaryl/α,β-unsaturated/α-hetero) is 1. The van der Waals surface area contributed by atoms with Gasteiger partial charge >= 0.3 is 0 Å². The van der Waals surface area contributed by atoms with Gasteiger partial charge in [-0.15, -0.1) is 0 Å². The van der Waals surface area contributed by atoms with Crippen LogP contribution < -0.4 is 10.1 Å². The normalized spacial score (nSPS) is 25.1. The minimum Gasteiger partial charge on any atom is -0.486 e. The van der Waals surface area contributed by atoms with Crippen LogP contribution in [0.4, 0.5) is 0 Å². The van der Waals surface area contributed by atoms with Crippen LogP contribution in [0.25, 0.3) is 0 Å². The van der Waals surface area contributed by atoms with Crippen molar-refractivity contribution in [2.75, 3.05) is 6.61 Å². The van der Waals surface area contributed by atoms with Gasteiger partial charge in [0.1, 0.15) is 18.1 Å². The number of hydrogen-bond acceptors (Lipinski definition) is 5. The Morgan fingerprint density at radius 1 is 1.26 bits per heavy atom. The maximum atomic E-state index is 12.3. The lowest BCUT2D eigenvalue weighted by Gasteiger charge is -2.70. The van der Waals surface area contributed by atoms with E-state index in [0.717, 1.165) is 24.8 Å². The molecule has 1 amide bonds. The predicted octanol–water partition coefficient (Wildman–Crippen LogP) is 3.13. The Balaban J connectivity index is 1.24. The van der Waals surface area contributed by atoms with E-state index in [1.807, 2.05) is 13.0 Å². The highest BCUT2D eigenvalue weighted by molar-refractivity contribution is 6.31. The minimum atomic E-state index is -0.204. The molecule has 6 nitrogen and oxygen atoms in total. The largest absolute Gasteiger partial charge is 0.486 e. The summed E-state index contributed by atoms with van der Waals surface area (Å²) in [7, 11) is 0. The SMILES string of the molecule is Cc1cc(OCC(=O)CC23CC(NC(=O)c4cnccn4)(C2)C3)ccc1Cl. The Morgan fingerprint density at radius 3 is 2.70 bits per heavy atom. The maximum absolute atomic E-state index is 12.3. The smallest absolute Gasteiger partial charge is 0.271 e. The van der Waals surface area contributed by atoms with Crippen molar-refractivity contribution >= 4 is 23.3 Å². The highest BCUT2D eigenvalue weighted by Gasteiger charge is 2.68. The van der Waals surface area contributed by atoms with Crippen LogP contribution in [0.2, 0.25) is 5.02 Å². The monoisotopic (exact) mass is 385 g/mol. The molecule has 0 aliphatic heterocycles. The lowest BCUT2D eigenvalue weighted by Crippen LogP contribution is -2.75. The molecule has 27 heavy (non-hydrogen) atoms. The van der Waals surface area contributed by atoms with Crippen LogP contribution in [0.5, 0.6) is 5.75 Å². The number of ketones is 1. The van der Waals surface area contributed by atoms with Crippen molar-refractivity contribution in [3.05, 3.63) is 53.1 Å². The Kier molecular flexibility index (Phi) is 4.38. The minimum absolute atomic E-state index is 0.0198. The number of nitrogens with one attached hydrogen (secondary N) is 1. The van der Waals surface area contributed by atoms with Crippen LogP contribution >= 0.6 is 11.6 Å². The van der Waals surface area contributed by atoms with Gasteiger partial charge < -0.3 is 10.1 Å². The van der Waals surface area contributed by atoms with E-state index in [1.54, 1.807) is 12.1 Å². The molecule has 1 N–H and O–H groups in total. The van der Waals surface area contributed by atoms with Crippen molar-refractivity contribution < 1.29 is 14.3 Å². The van der Waals surface area contributed by atoms with Crippen molar-refractivity contribution in [3.8, 4) is 5.75 Å². The molecule has 3 fully saturated rings. The summed E-state index contributed by atoms with van der Waals surface area (Å²) in [6.07, 6.45) is 7.47. The van der Waals surface area contributed by atoms with Crippen molar-refractivity contribution in [2.24, 2.45) is 5.41 Å². The fourth-order valence-electron chi connectivity index (χ4n) is 4.38. The summed E-state index contributed by atoms with van der Waals surface area (Å²) in [5, 5.41) is 3.72. The molecule has 1 aromatic heterocycles. The number of rotatable bonds is 7. The molecule has 0 atom stereocenters. The molecule has 0 spiro atoms. The third kappa shape index (κ3) is 3.54. The van der Waals surface area contributed by atoms with Crippen molar-refractivity contribution in [2.45, 2.75) is 38.1 Å². The molecule has 0 unspecified atom stereocenters. The summed E-state index contributed by atoms with van der Waals surface area (Å²) in [5.41, 5.74) is 1.08. The van der Waals surface area contributed by atoms with Gasteiger partial charge in [-0.3, -0.25) is 14.6 Å². The first kappa shape index (κ1) is 17.9. The number of benzene rings is 1. The first-order chi connectivity index (χ1) is 12.9. The maximum Gasteiger partial charge on any atom is 0.271 e. The van der Waals surface area contributed by atoms with Gasteiger partial charge in [0.25, 0.3) is 5.91 Å². The third-order valence-corrected chi connectivity index (χ3v) is 5.84. The first-order valence-corrected chi connectivity index (χ1v) is 9.26. The topological polar surface area (TPSA) is 81.2 Å². The molecule has 7 heteroatoms. The van der Waals surface area contributed by atoms with E-state index < -0.39 is 0 Å². The summed E-state index contributed by atoms with van der Waals surface area (Å²) >= 11 is 5.99. The van der Waals surface area contributed by atoms with E-state index in [9.17, 15) is 9.59 Å². The van der Waals surface area contributed by atoms with Gasteiger partial charge in [0.15, 0.2) is 5.78 Å². The Labute approximate surface area is 162 Å². The Hall–Kier alpha value is -2.47. The van der Waals surface area contributed by atoms with Gasteiger partial charge in [0.2, 0.25) is 0 Å². The summed E-state index contributed by atoms with van der Waals surface area (Å²) in [6.45, 7) is 1.95. The molecule has 2 bridgehead atoms. The van der Waals surface area contributed by atoms with E-state index in [1.165, 1.54) is 18.6 Å². The van der Waals surface area contributed by atoms with Crippen LogP contribution in [-0.4, -0.2) is 33.8 Å². The van der Waals surface area contributed by atoms with Crippen LogP contribution in [0, 0.1) is 12.3 Å². The van der Waals surface area contributed by atoms with E-state index in [2.05, 4.69) is 15.3 Å². The van der Waals surface area contributed by atoms with Gasteiger partial charge in [-0.2, -0.15) is 0 Å². The molecule has 0 saturated heterocycles. The average Bonchev–Trinajstić information content (AvgIpc) is 2.60. The number of carbonyl (C=O) groups excluding carboxylic acids is 2. The summed E-state index contributed by atoms with van der Waals surface area (Å²) in [6, 6.07) is 5.36. The van der Waals surface area contributed by atoms with Crippen LogP contribution in [0.3, 0.4) is 0 Å². The summed E-state index contributed by atoms with van der Waals surface area (Å²) in [5.74, 6) is 0.524. The fourth-order valence-corrected chi connectivity index (χ4v) is 4.50. The molecule has 2 aromatic rings. The van der Waals surface area contributed by atoms with E-state index in [4.69, 9.17) is 16.3 Å². The molecule has 1 aromatic carbocycles.